The maximum Gasteiger partial charge on any atom is 0.246 e. The molecule has 22 heavy (non-hydrogen) atoms. The molecule has 0 unspecified atom stereocenters. The number of hydrogen-bond acceptors (Lipinski definition) is 3. The molecule has 1 heterocycles. The van der Waals surface area contributed by atoms with Crippen molar-refractivity contribution in [1.82, 2.24) is 5.32 Å². The minimum Gasteiger partial charge on any atom is -0.383 e. The summed E-state index contributed by atoms with van der Waals surface area (Å²) in [7, 11) is 1.58. The zero-order valence-corrected chi connectivity index (χ0v) is 13.9. The number of hydrogen-bond donors (Lipinski definition) is 1. The molecule has 1 saturated heterocycles. The van der Waals surface area contributed by atoms with Crippen LogP contribution in [0, 0.1) is 6.92 Å². The number of ether oxygens (including phenoxy) is 1. The van der Waals surface area contributed by atoms with E-state index in [1.165, 1.54) is 0 Å². The number of nitrogens with one attached hydrogen (secondary N) is 1. The Hall–Kier alpha value is -1.59. The average Bonchev–Trinajstić information content (AvgIpc) is 2.77. The second-order valence-electron chi connectivity index (χ2n) is 5.68. The Bertz CT molecular complexity index is 591. The first-order valence-electron chi connectivity index (χ1n) is 7.26. The van der Waals surface area contributed by atoms with Gasteiger partial charge in [-0.05, 0) is 44.0 Å². The summed E-state index contributed by atoms with van der Waals surface area (Å²) in [4.78, 5) is 26.5. The van der Waals surface area contributed by atoms with Gasteiger partial charge >= 0.3 is 0 Å². The largest absolute Gasteiger partial charge is 0.383 e. The lowest BCUT2D eigenvalue weighted by Gasteiger charge is -2.35. The van der Waals surface area contributed by atoms with Crippen LogP contribution in [0.1, 0.15) is 25.3 Å². The maximum absolute atomic E-state index is 12.6. The lowest BCUT2D eigenvalue weighted by atomic mass is 9.96. The highest BCUT2D eigenvalue weighted by Gasteiger charge is 2.48. The van der Waals surface area contributed by atoms with Crippen LogP contribution in [0.3, 0.4) is 0 Å². The van der Waals surface area contributed by atoms with Crippen molar-refractivity contribution >= 4 is 29.1 Å². The van der Waals surface area contributed by atoms with Crippen LogP contribution in [0.5, 0.6) is 0 Å². The Morgan fingerprint density at radius 2 is 2.23 bits per heavy atom. The molecule has 1 N–H and O–H groups in total. The summed E-state index contributed by atoms with van der Waals surface area (Å²) in [5.41, 5.74) is 0.721. The number of aryl methyl sites for hydroxylation is 1. The van der Waals surface area contributed by atoms with Gasteiger partial charge in [0, 0.05) is 30.8 Å². The molecular weight excluding hydrogens is 304 g/mol. The molecule has 0 spiro atoms. The van der Waals surface area contributed by atoms with Crippen LogP contribution >= 0.6 is 11.6 Å². The topological polar surface area (TPSA) is 58.6 Å². The molecule has 1 aliphatic heterocycles. The van der Waals surface area contributed by atoms with E-state index >= 15 is 0 Å². The molecule has 5 nitrogen and oxygen atoms in total. The fourth-order valence-corrected chi connectivity index (χ4v) is 3.02. The fraction of sp³-hybridized carbons (Fsp3) is 0.500. The number of nitrogens with zero attached hydrogens (tertiary/aromatic N) is 1. The Balaban J connectivity index is 2.30. The third-order valence-electron chi connectivity index (χ3n) is 4.05. The highest BCUT2D eigenvalue weighted by Crippen LogP contribution is 2.37. The molecule has 0 bridgehead atoms. The molecule has 1 aromatic carbocycles. The van der Waals surface area contributed by atoms with E-state index < -0.39 is 5.54 Å². The van der Waals surface area contributed by atoms with Gasteiger partial charge < -0.3 is 10.1 Å². The monoisotopic (exact) mass is 324 g/mol. The van der Waals surface area contributed by atoms with Gasteiger partial charge in [-0.3, -0.25) is 14.5 Å². The molecule has 6 heteroatoms. The second-order valence-corrected chi connectivity index (χ2v) is 6.12. The van der Waals surface area contributed by atoms with Gasteiger partial charge in [-0.25, -0.2) is 0 Å². The van der Waals surface area contributed by atoms with Crippen molar-refractivity contribution < 1.29 is 14.3 Å². The smallest absolute Gasteiger partial charge is 0.246 e. The zero-order chi connectivity index (χ0) is 16.3. The van der Waals surface area contributed by atoms with Crippen LogP contribution in [0.2, 0.25) is 5.02 Å². The average molecular weight is 325 g/mol. The van der Waals surface area contributed by atoms with Crippen molar-refractivity contribution in [1.29, 1.82) is 0 Å². The van der Waals surface area contributed by atoms with Crippen LogP contribution in [0.4, 0.5) is 5.69 Å². The van der Waals surface area contributed by atoms with Gasteiger partial charge in [-0.15, -0.1) is 0 Å². The highest BCUT2D eigenvalue weighted by atomic mass is 35.5. The minimum atomic E-state index is -0.886. The van der Waals surface area contributed by atoms with Gasteiger partial charge in [0.25, 0.3) is 0 Å². The first-order valence-corrected chi connectivity index (χ1v) is 7.64. The summed E-state index contributed by atoms with van der Waals surface area (Å²) in [6.07, 6.45) is 0.850. The van der Waals surface area contributed by atoms with Crippen molar-refractivity contribution in [3.05, 3.63) is 28.8 Å². The normalized spacial score (nSPS) is 21.3. The van der Waals surface area contributed by atoms with E-state index in [0.29, 0.717) is 31.0 Å². The maximum atomic E-state index is 12.6. The standard InChI is InChI=1S/C16H21ClN2O3/c1-11-10-12(17)4-5-13(11)19-14(20)6-7-16(19,2)15(21)18-8-9-22-3/h4-5,10H,6-9H2,1-3H3,(H,18,21)/t16-/m1/s1. The van der Waals surface area contributed by atoms with E-state index in [1.54, 1.807) is 37.1 Å². The van der Waals surface area contributed by atoms with E-state index in [1.807, 2.05) is 6.92 Å². The molecule has 2 amide bonds. The van der Waals surface area contributed by atoms with Crippen molar-refractivity contribution in [2.24, 2.45) is 0 Å². The number of amides is 2. The van der Waals surface area contributed by atoms with Crippen LogP contribution < -0.4 is 10.2 Å². The van der Waals surface area contributed by atoms with E-state index in [2.05, 4.69) is 5.32 Å². The quantitative estimate of drug-likeness (QED) is 0.845. The van der Waals surface area contributed by atoms with E-state index in [9.17, 15) is 9.59 Å². The van der Waals surface area contributed by atoms with Gasteiger partial charge in [-0.2, -0.15) is 0 Å². The Labute approximate surface area is 135 Å². The molecule has 0 aliphatic carbocycles. The molecule has 0 radical (unpaired) electrons. The lowest BCUT2D eigenvalue weighted by molar-refractivity contribution is -0.127. The molecule has 0 saturated carbocycles. The van der Waals surface area contributed by atoms with Crippen LogP contribution in [-0.2, 0) is 14.3 Å². The number of carbonyl (C=O) groups excluding carboxylic acids is 2. The lowest BCUT2D eigenvalue weighted by Crippen LogP contribution is -2.55. The predicted octanol–water partition coefficient (Wildman–Crippen LogP) is 2.30. The van der Waals surface area contributed by atoms with E-state index in [-0.39, 0.29) is 11.8 Å². The van der Waals surface area contributed by atoms with Crippen LogP contribution in [0.25, 0.3) is 0 Å². The van der Waals surface area contributed by atoms with Crippen molar-refractivity contribution in [3.8, 4) is 0 Å². The number of rotatable bonds is 5. The summed E-state index contributed by atoms with van der Waals surface area (Å²) in [6, 6.07) is 5.33. The number of carbonyl (C=O) groups is 2. The third-order valence-corrected chi connectivity index (χ3v) is 4.28. The van der Waals surface area contributed by atoms with Gasteiger partial charge in [0.1, 0.15) is 5.54 Å². The zero-order valence-electron chi connectivity index (χ0n) is 13.1. The summed E-state index contributed by atoms with van der Waals surface area (Å²) in [5.74, 6) is -0.209. The number of methoxy groups -OCH3 is 1. The third kappa shape index (κ3) is 3.10. The molecule has 0 aromatic heterocycles. The Morgan fingerprint density at radius 1 is 1.50 bits per heavy atom. The number of anilines is 1. The Kier molecular flexibility index (Phi) is 5.08. The second kappa shape index (κ2) is 6.67. The Morgan fingerprint density at radius 3 is 2.86 bits per heavy atom. The van der Waals surface area contributed by atoms with E-state index in [0.717, 1.165) is 11.3 Å². The molecular formula is C16H21ClN2O3. The summed E-state index contributed by atoms with van der Waals surface area (Å²) in [6.45, 7) is 4.55. The van der Waals surface area contributed by atoms with E-state index in [4.69, 9.17) is 16.3 Å². The first-order chi connectivity index (χ1) is 10.4. The summed E-state index contributed by atoms with van der Waals surface area (Å²) in [5, 5.41) is 3.44. The molecule has 1 aromatic rings. The molecule has 2 rings (SSSR count). The molecule has 1 aliphatic rings. The summed E-state index contributed by atoms with van der Waals surface area (Å²) < 4.78 is 4.94. The van der Waals surface area contributed by atoms with Gasteiger partial charge in [-0.1, -0.05) is 11.6 Å². The first kappa shape index (κ1) is 16.8. The van der Waals surface area contributed by atoms with Crippen LogP contribution in [-0.4, -0.2) is 37.6 Å². The minimum absolute atomic E-state index is 0.0465. The van der Waals surface area contributed by atoms with Gasteiger partial charge in [0.15, 0.2) is 0 Å². The van der Waals surface area contributed by atoms with Crippen molar-refractivity contribution in [2.75, 3.05) is 25.2 Å². The summed E-state index contributed by atoms with van der Waals surface area (Å²) >= 11 is 5.98. The van der Waals surface area contributed by atoms with Crippen molar-refractivity contribution in [3.63, 3.8) is 0 Å². The van der Waals surface area contributed by atoms with Gasteiger partial charge in [0.05, 0.1) is 6.61 Å². The SMILES string of the molecule is COCCNC(=O)[C@@]1(C)CCC(=O)N1c1ccc(Cl)cc1C. The van der Waals surface area contributed by atoms with Gasteiger partial charge in [0.2, 0.25) is 11.8 Å². The molecule has 1 fully saturated rings. The fourth-order valence-electron chi connectivity index (χ4n) is 2.79. The van der Waals surface area contributed by atoms with Crippen LogP contribution in [0.15, 0.2) is 18.2 Å². The number of benzene rings is 1. The number of halogens is 1. The predicted molar refractivity (Wildman–Crippen MR) is 86.2 cm³/mol. The molecule has 1 atom stereocenters. The highest BCUT2D eigenvalue weighted by molar-refractivity contribution is 6.30. The molecule has 120 valence electrons. The van der Waals surface area contributed by atoms with Crippen molar-refractivity contribution in [2.45, 2.75) is 32.2 Å².